The van der Waals surface area contributed by atoms with Gasteiger partial charge in [0.05, 0.1) is 6.54 Å². The third-order valence-corrected chi connectivity index (χ3v) is 3.71. The van der Waals surface area contributed by atoms with Gasteiger partial charge in [0.25, 0.3) is 0 Å². The summed E-state index contributed by atoms with van der Waals surface area (Å²) >= 11 is 1.23. The van der Waals surface area contributed by atoms with Crippen LogP contribution in [0.1, 0.15) is 41.2 Å². The van der Waals surface area contributed by atoms with Gasteiger partial charge in [-0.3, -0.25) is 0 Å². The van der Waals surface area contributed by atoms with E-state index in [2.05, 4.69) is 15.6 Å². The summed E-state index contributed by atoms with van der Waals surface area (Å²) in [6.45, 7) is 0.260. The Labute approximate surface area is 108 Å². The molecule has 1 heterocycles. The molecule has 2 amide bonds. The first kappa shape index (κ1) is 12.8. The zero-order valence-electron chi connectivity index (χ0n) is 9.81. The van der Waals surface area contributed by atoms with E-state index in [1.165, 1.54) is 29.6 Å². The van der Waals surface area contributed by atoms with Crippen molar-refractivity contribution in [2.24, 2.45) is 0 Å². The van der Waals surface area contributed by atoms with E-state index in [4.69, 9.17) is 5.11 Å². The first-order valence-corrected chi connectivity index (χ1v) is 6.75. The zero-order valence-corrected chi connectivity index (χ0v) is 10.6. The zero-order chi connectivity index (χ0) is 13.0. The second-order valence-corrected chi connectivity index (χ2v) is 5.18. The lowest BCUT2D eigenvalue weighted by Crippen LogP contribution is -2.40. The number of carboxylic acid groups (broad SMARTS) is 1. The van der Waals surface area contributed by atoms with Crippen LogP contribution in [-0.2, 0) is 6.54 Å². The van der Waals surface area contributed by atoms with Gasteiger partial charge in [0.15, 0.2) is 5.69 Å². The Balaban J connectivity index is 1.76. The van der Waals surface area contributed by atoms with Gasteiger partial charge in [0.2, 0.25) is 0 Å². The molecule has 6 nitrogen and oxygen atoms in total. The smallest absolute Gasteiger partial charge is 0.355 e. The van der Waals surface area contributed by atoms with E-state index in [9.17, 15) is 9.59 Å². The fraction of sp³-hybridized carbons (Fsp3) is 0.545. The minimum atomic E-state index is -1.05. The number of hydrogen-bond acceptors (Lipinski definition) is 4. The molecule has 1 aromatic rings. The number of nitrogens with zero attached hydrogens (tertiary/aromatic N) is 1. The molecule has 98 valence electrons. The minimum absolute atomic E-state index is 0.0213. The van der Waals surface area contributed by atoms with Crippen LogP contribution in [0.4, 0.5) is 4.79 Å². The van der Waals surface area contributed by atoms with Crippen LogP contribution in [0.5, 0.6) is 0 Å². The topological polar surface area (TPSA) is 91.3 Å². The SMILES string of the molecule is O=C(NCc1nc(C(=O)O)cs1)NC1CCCC1. The molecule has 1 saturated carbocycles. The highest BCUT2D eigenvalue weighted by atomic mass is 32.1. The molecule has 0 spiro atoms. The molecule has 1 aliphatic rings. The Kier molecular flexibility index (Phi) is 4.14. The summed E-state index contributed by atoms with van der Waals surface area (Å²) in [6.07, 6.45) is 4.40. The van der Waals surface area contributed by atoms with Gasteiger partial charge < -0.3 is 15.7 Å². The lowest BCUT2D eigenvalue weighted by atomic mass is 10.3. The number of thiazole rings is 1. The van der Waals surface area contributed by atoms with Crippen LogP contribution in [0.3, 0.4) is 0 Å². The Morgan fingerprint density at radius 1 is 1.44 bits per heavy atom. The molecule has 1 fully saturated rings. The van der Waals surface area contributed by atoms with Crippen LogP contribution in [-0.4, -0.2) is 28.1 Å². The number of hydrogen-bond donors (Lipinski definition) is 3. The number of aromatic nitrogens is 1. The first-order chi connectivity index (χ1) is 8.65. The number of amides is 2. The van der Waals surface area contributed by atoms with Crippen LogP contribution < -0.4 is 10.6 Å². The summed E-state index contributed by atoms with van der Waals surface area (Å²) < 4.78 is 0. The predicted octanol–water partition coefficient (Wildman–Crippen LogP) is 1.58. The van der Waals surface area contributed by atoms with Crippen molar-refractivity contribution in [3.8, 4) is 0 Å². The van der Waals surface area contributed by atoms with E-state index in [1.54, 1.807) is 0 Å². The number of carbonyl (C=O) groups excluding carboxylic acids is 1. The third kappa shape index (κ3) is 3.43. The molecule has 7 heteroatoms. The highest BCUT2D eigenvalue weighted by molar-refractivity contribution is 7.09. The Bertz CT molecular complexity index is 440. The number of carboxylic acids is 1. The second kappa shape index (κ2) is 5.81. The van der Waals surface area contributed by atoms with Crippen molar-refractivity contribution in [3.05, 3.63) is 16.1 Å². The number of aromatic carboxylic acids is 1. The van der Waals surface area contributed by atoms with Crippen LogP contribution in [0.25, 0.3) is 0 Å². The Morgan fingerprint density at radius 2 is 2.17 bits per heavy atom. The molecule has 0 aromatic carbocycles. The average molecular weight is 269 g/mol. The van der Waals surface area contributed by atoms with Gasteiger partial charge >= 0.3 is 12.0 Å². The molecule has 0 unspecified atom stereocenters. The van der Waals surface area contributed by atoms with Gasteiger partial charge in [-0.25, -0.2) is 14.6 Å². The van der Waals surface area contributed by atoms with Crippen LogP contribution in [0, 0.1) is 0 Å². The largest absolute Gasteiger partial charge is 0.476 e. The third-order valence-electron chi connectivity index (χ3n) is 2.86. The fourth-order valence-electron chi connectivity index (χ4n) is 1.95. The molecule has 1 aromatic heterocycles. The van der Waals surface area contributed by atoms with Gasteiger partial charge in [-0.05, 0) is 12.8 Å². The molecule has 18 heavy (non-hydrogen) atoms. The van der Waals surface area contributed by atoms with Gasteiger partial charge in [-0.15, -0.1) is 11.3 Å². The van der Waals surface area contributed by atoms with E-state index >= 15 is 0 Å². The summed E-state index contributed by atoms with van der Waals surface area (Å²) in [7, 11) is 0. The summed E-state index contributed by atoms with van der Waals surface area (Å²) in [5, 5.41) is 16.3. The van der Waals surface area contributed by atoms with Crippen molar-refractivity contribution < 1.29 is 14.7 Å². The van der Waals surface area contributed by atoms with Crippen molar-refractivity contribution in [1.82, 2.24) is 15.6 Å². The molecule has 3 N–H and O–H groups in total. The number of carbonyl (C=O) groups is 2. The van der Waals surface area contributed by atoms with Gasteiger partial charge in [0.1, 0.15) is 5.01 Å². The highest BCUT2D eigenvalue weighted by Crippen LogP contribution is 2.17. The quantitative estimate of drug-likeness (QED) is 0.774. The fourth-order valence-corrected chi connectivity index (χ4v) is 2.66. The first-order valence-electron chi connectivity index (χ1n) is 5.87. The average Bonchev–Trinajstić information content (AvgIpc) is 2.96. The lowest BCUT2D eigenvalue weighted by Gasteiger charge is -2.12. The number of urea groups is 1. The van der Waals surface area contributed by atoms with Gasteiger partial charge in [0, 0.05) is 11.4 Å². The van der Waals surface area contributed by atoms with Gasteiger partial charge in [-0.2, -0.15) is 0 Å². The maximum atomic E-state index is 11.6. The second-order valence-electron chi connectivity index (χ2n) is 4.24. The molecular formula is C11H15N3O3S. The Morgan fingerprint density at radius 3 is 2.78 bits per heavy atom. The summed E-state index contributed by atoms with van der Waals surface area (Å²) in [4.78, 5) is 26.1. The molecule has 0 radical (unpaired) electrons. The molecule has 0 atom stereocenters. The summed E-state index contributed by atoms with van der Waals surface area (Å²) in [6, 6.07) is 0.0600. The number of nitrogens with one attached hydrogen (secondary N) is 2. The molecule has 1 aliphatic carbocycles. The summed E-state index contributed by atoms with van der Waals surface area (Å²) in [5.41, 5.74) is 0.0213. The van der Waals surface area contributed by atoms with E-state index in [1.807, 2.05) is 0 Å². The molecule has 0 saturated heterocycles. The van der Waals surface area contributed by atoms with E-state index in [0.29, 0.717) is 5.01 Å². The van der Waals surface area contributed by atoms with Crippen molar-refractivity contribution >= 4 is 23.3 Å². The number of rotatable bonds is 4. The maximum Gasteiger partial charge on any atom is 0.355 e. The minimum Gasteiger partial charge on any atom is -0.476 e. The van der Waals surface area contributed by atoms with Gasteiger partial charge in [-0.1, -0.05) is 12.8 Å². The van der Waals surface area contributed by atoms with Crippen molar-refractivity contribution in [2.45, 2.75) is 38.3 Å². The van der Waals surface area contributed by atoms with E-state index in [0.717, 1.165) is 12.8 Å². The summed E-state index contributed by atoms with van der Waals surface area (Å²) in [5.74, 6) is -1.05. The van der Waals surface area contributed by atoms with Crippen LogP contribution in [0.15, 0.2) is 5.38 Å². The van der Waals surface area contributed by atoms with Crippen LogP contribution in [0.2, 0.25) is 0 Å². The van der Waals surface area contributed by atoms with Crippen molar-refractivity contribution in [3.63, 3.8) is 0 Å². The normalized spacial score (nSPS) is 15.6. The Hall–Kier alpha value is -1.63. The highest BCUT2D eigenvalue weighted by Gasteiger charge is 2.17. The van der Waals surface area contributed by atoms with Crippen LogP contribution >= 0.6 is 11.3 Å². The maximum absolute atomic E-state index is 11.6. The van der Waals surface area contributed by atoms with Crippen molar-refractivity contribution in [2.75, 3.05) is 0 Å². The molecule has 0 bridgehead atoms. The van der Waals surface area contributed by atoms with E-state index in [-0.39, 0.29) is 24.3 Å². The monoisotopic (exact) mass is 269 g/mol. The molecule has 0 aliphatic heterocycles. The standard InChI is InChI=1S/C11H15N3O3S/c15-10(16)8-6-18-9(14-8)5-12-11(17)13-7-3-1-2-4-7/h6-7H,1-5H2,(H,15,16)(H2,12,13,17). The lowest BCUT2D eigenvalue weighted by molar-refractivity contribution is 0.0691. The van der Waals surface area contributed by atoms with Crippen molar-refractivity contribution in [1.29, 1.82) is 0 Å². The predicted molar refractivity (Wildman–Crippen MR) is 66.7 cm³/mol. The molecular weight excluding hydrogens is 254 g/mol. The van der Waals surface area contributed by atoms with E-state index < -0.39 is 5.97 Å². The molecule has 2 rings (SSSR count).